The van der Waals surface area contributed by atoms with Gasteiger partial charge in [0.25, 0.3) is 23.6 Å². The molecule has 0 aliphatic heterocycles. The van der Waals surface area contributed by atoms with Crippen molar-refractivity contribution in [3.8, 4) is 5.75 Å². The minimum Gasteiger partial charge on any atom is -0.494 e. The number of ether oxygens (including phenoxy) is 1. The first kappa shape index (κ1) is 36.4. The van der Waals surface area contributed by atoms with Crippen LogP contribution in [0.2, 0.25) is 0 Å². The number of amides is 4. The van der Waals surface area contributed by atoms with Crippen molar-refractivity contribution in [2.75, 3.05) is 30.5 Å². The molecule has 0 saturated carbocycles. The van der Waals surface area contributed by atoms with Crippen LogP contribution in [0, 0.1) is 0 Å². The molecule has 0 spiro atoms. The van der Waals surface area contributed by atoms with Crippen LogP contribution in [0.5, 0.6) is 5.75 Å². The molecule has 2 atom stereocenters. The normalized spacial score (nSPS) is 12.1. The Kier molecular flexibility index (Phi) is 12.6. The molecule has 264 valence electrons. The molecule has 51 heavy (non-hydrogen) atoms. The summed E-state index contributed by atoms with van der Waals surface area (Å²) in [5.74, 6) is -2.24. The molecule has 13 heteroatoms. The number of pyridine rings is 2. The smallest absolute Gasteiger partial charge is 0.252 e. The molecule has 0 radical (unpaired) electrons. The fourth-order valence-electron chi connectivity index (χ4n) is 5.27. The van der Waals surface area contributed by atoms with Gasteiger partial charge in [0, 0.05) is 34.3 Å². The second kappa shape index (κ2) is 17.7. The van der Waals surface area contributed by atoms with Crippen LogP contribution < -0.4 is 26.0 Å². The van der Waals surface area contributed by atoms with Crippen LogP contribution in [0.4, 0.5) is 11.6 Å². The maximum atomic E-state index is 13.5. The van der Waals surface area contributed by atoms with Crippen LogP contribution in [0.1, 0.15) is 53.3 Å². The number of aromatic nitrogens is 2. The molecule has 5 rings (SSSR count). The number of nitrogens with one attached hydrogen (secondary N) is 4. The number of carbonyl (C=O) groups excluding carboxylic acids is 4. The molecular weight excluding hydrogens is 652 g/mol. The van der Waals surface area contributed by atoms with Gasteiger partial charge in [-0.25, -0.2) is 9.97 Å². The Labute approximate surface area is 294 Å². The van der Waals surface area contributed by atoms with E-state index in [1.165, 1.54) is 18.2 Å². The third-order valence-corrected chi connectivity index (χ3v) is 8.07. The van der Waals surface area contributed by atoms with Gasteiger partial charge in [-0.15, -0.1) is 0 Å². The quantitative estimate of drug-likeness (QED) is 0.0823. The fourth-order valence-corrected chi connectivity index (χ4v) is 5.27. The lowest BCUT2D eigenvalue weighted by molar-refractivity contribution is -0.119. The maximum absolute atomic E-state index is 13.5. The van der Waals surface area contributed by atoms with Gasteiger partial charge in [-0.2, -0.15) is 0 Å². The van der Waals surface area contributed by atoms with Crippen molar-refractivity contribution < 1.29 is 34.1 Å². The molecule has 0 bridgehead atoms. The number of unbranched alkanes of at least 4 members (excludes halogenated alkanes) is 3. The van der Waals surface area contributed by atoms with Crippen LogP contribution in [0.3, 0.4) is 0 Å². The first-order valence-electron chi connectivity index (χ1n) is 16.7. The number of aliphatic hydroxyl groups excluding tert-OH is 2. The monoisotopic (exact) mass is 692 g/mol. The number of rotatable bonds is 16. The zero-order valence-corrected chi connectivity index (χ0v) is 28.1. The highest BCUT2D eigenvalue weighted by atomic mass is 16.5. The van der Waals surface area contributed by atoms with Crippen molar-refractivity contribution in [3.05, 3.63) is 102 Å². The molecule has 6 N–H and O–H groups in total. The van der Waals surface area contributed by atoms with Gasteiger partial charge in [0.05, 0.1) is 19.8 Å². The van der Waals surface area contributed by atoms with Gasteiger partial charge in [-0.05, 0) is 47.5 Å². The topological polar surface area (TPSA) is 192 Å². The van der Waals surface area contributed by atoms with E-state index in [1.54, 1.807) is 24.5 Å². The number of aliphatic hydroxyl groups is 2. The summed E-state index contributed by atoms with van der Waals surface area (Å²) in [7, 11) is 0. The standard InChI is InChI=1S/C38H40N6O7/c1-2-3-4-9-14-51-30-16-28(35(47)41-31(22-45)37(49)43-33-18-24-10-5-7-12-26(24)20-39-33)15-29(17-30)36(48)42-32(23-46)38(50)44-34-19-25-11-6-8-13-27(25)21-40-34/h5-8,10-13,15-21,31-32,45-46H,2-4,9,14,22-23H2,1H3,(H,41,47)(H,42,48)(H,39,43,49)(H,40,44,50)/t31-,32-/m0/s1. The minimum atomic E-state index is -1.35. The van der Waals surface area contributed by atoms with E-state index in [2.05, 4.69) is 38.2 Å². The molecule has 0 fully saturated rings. The zero-order valence-electron chi connectivity index (χ0n) is 28.1. The first-order chi connectivity index (χ1) is 24.8. The van der Waals surface area contributed by atoms with Crippen molar-refractivity contribution in [2.24, 2.45) is 0 Å². The largest absolute Gasteiger partial charge is 0.494 e. The number of hydrogen-bond donors (Lipinski definition) is 6. The highest BCUT2D eigenvalue weighted by Gasteiger charge is 2.25. The summed E-state index contributed by atoms with van der Waals surface area (Å²) in [5, 5.41) is 33.7. The summed E-state index contributed by atoms with van der Waals surface area (Å²) < 4.78 is 5.89. The number of benzene rings is 3. The Morgan fingerprint density at radius 3 is 1.57 bits per heavy atom. The average molecular weight is 693 g/mol. The molecule has 0 aliphatic carbocycles. The molecule has 13 nitrogen and oxygen atoms in total. The van der Waals surface area contributed by atoms with Gasteiger partial charge in [-0.3, -0.25) is 19.2 Å². The molecule has 4 amide bonds. The Balaban J connectivity index is 1.30. The second-order valence-electron chi connectivity index (χ2n) is 11.9. The maximum Gasteiger partial charge on any atom is 0.252 e. The number of carbonyl (C=O) groups is 4. The molecule has 2 heterocycles. The summed E-state index contributed by atoms with van der Waals surface area (Å²) in [5.41, 5.74) is -0.0710. The highest BCUT2D eigenvalue weighted by Crippen LogP contribution is 2.21. The Bertz CT molecular complexity index is 1890. The molecule has 0 saturated heterocycles. The van der Waals surface area contributed by atoms with E-state index in [4.69, 9.17) is 4.74 Å². The molecule has 0 aliphatic rings. The van der Waals surface area contributed by atoms with Crippen molar-refractivity contribution in [3.63, 3.8) is 0 Å². The predicted octanol–water partition coefficient (Wildman–Crippen LogP) is 4.20. The fraction of sp³-hybridized carbons (Fsp3) is 0.263. The van der Waals surface area contributed by atoms with Crippen LogP contribution in [0.15, 0.2) is 91.3 Å². The van der Waals surface area contributed by atoms with Gasteiger partial charge in [0.2, 0.25) is 0 Å². The lowest BCUT2D eigenvalue weighted by Gasteiger charge is -2.18. The summed E-state index contributed by atoms with van der Waals surface area (Å²) in [6.45, 7) is 0.980. The number of anilines is 2. The summed E-state index contributed by atoms with van der Waals surface area (Å²) >= 11 is 0. The van der Waals surface area contributed by atoms with Gasteiger partial charge >= 0.3 is 0 Å². The third kappa shape index (κ3) is 9.84. The van der Waals surface area contributed by atoms with Crippen LogP contribution in [0.25, 0.3) is 21.5 Å². The van der Waals surface area contributed by atoms with Gasteiger partial charge in [0.1, 0.15) is 29.5 Å². The van der Waals surface area contributed by atoms with E-state index >= 15 is 0 Å². The van der Waals surface area contributed by atoms with Crippen molar-refractivity contribution >= 4 is 56.8 Å². The average Bonchev–Trinajstić information content (AvgIpc) is 3.15. The summed E-state index contributed by atoms with van der Waals surface area (Å²) in [6, 6.07) is 19.7. The summed E-state index contributed by atoms with van der Waals surface area (Å²) in [4.78, 5) is 61.5. The Hall–Kier alpha value is -5.92. The lowest BCUT2D eigenvalue weighted by Crippen LogP contribution is -2.47. The third-order valence-electron chi connectivity index (χ3n) is 8.07. The molecule has 0 unspecified atom stereocenters. The van der Waals surface area contributed by atoms with Crippen LogP contribution in [-0.4, -0.2) is 75.7 Å². The molecule has 2 aromatic heterocycles. The van der Waals surface area contributed by atoms with E-state index in [1.807, 2.05) is 48.5 Å². The van der Waals surface area contributed by atoms with E-state index in [9.17, 15) is 29.4 Å². The van der Waals surface area contributed by atoms with Crippen molar-refractivity contribution in [1.82, 2.24) is 20.6 Å². The second-order valence-corrected chi connectivity index (χ2v) is 11.9. The highest BCUT2D eigenvalue weighted by molar-refractivity contribution is 6.05. The van der Waals surface area contributed by atoms with E-state index < -0.39 is 48.9 Å². The van der Waals surface area contributed by atoms with Crippen LogP contribution in [-0.2, 0) is 9.59 Å². The van der Waals surface area contributed by atoms with Crippen molar-refractivity contribution in [2.45, 2.75) is 44.7 Å². The lowest BCUT2D eigenvalue weighted by atomic mass is 10.1. The van der Waals surface area contributed by atoms with E-state index in [0.717, 1.165) is 47.2 Å². The summed E-state index contributed by atoms with van der Waals surface area (Å²) in [6.07, 6.45) is 6.94. The van der Waals surface area contributed by atoms with Crippen molar-refractivity contribution in [1.29, 1.82) is 0 Å². The molecular formula is C38H40N6O7. The SMILES string of the molecule is CCCCCCOc1cc(C(=O)N[C@@H](CO)C(=O)Nc2cc3ccccc3cn2)cc(C(=O)N[C@@H](CO)C(=O)Nc2cc3ccccc3cn2)c1. The van der Waals surface area contributed by atoms with E-state index in [0.29, 0.717) is 6.61 Å². The minimum absolute atomic E-state index is 0.0355. The number of fused-ring (bicyclic) bond motifs is 2. The number of nitrogens with zero attached hydrogens (tertiary/aromatic N) is 2. The van der Waals surface area contributed by atoms with Gasteiger partial charge in [-0.1, -0.05) is 74.7 Å². The van der Waals surface area contributed by atoms with Gasteiger partial charge < -0.3 is 36.2 Å². The van der Waals surface area contributed by atoms with Gasteiger partial charge in [0.15, 0.2) is 0 Å². The Morgan fingerprint density at radius 1 is 0.647 bits per heavy atom. The molecule has 3 aromatic carbocycles. The molecule has 5 aromatic rings. The van der Waals surface area contributed by atoms with Crippen LogP contribution >= 0.6 is 0 Å². The first-order valence-corrected chi connectivity index (χ1v) is 16.7. The number of hydrogen-bond acceptors (Lipinski definition) is 9. The zero-order chi connectivity index (χ0) is 36.2. The Morgan fingerprint density at radius 2 is 1.12 bits per heavy atom. The van der Waals surface area contributed by atoms with E-state index in [-0.39, 0.29) is 28.5 Å². The predicted molar refractivity (Wildman–Crippen MR) is 194 cm³/mol.